The van der Waals surface area contributed by atoms with Crippen LogP contribution in [0, 0.1) is 10.7 Å². The van der Waals surface area contributed by atoms with E-state index in [1.165, 1.54) is 10.1 Å². The van der Waals surface area contributed by atoms with Crippen LogP contribution in [0.25, 0.3) is 0 Å². The number of benzene rings is 1. The minimum absolute atomic E-state index is 0.290. The lowest BCUT2D eigenvalue weighted by Crippen LogP contribution is -2.60. The van der Waals surface area contributed by atoms with Crippen LogP contribution in [0.3, 0.4) is 0 Å². The van der Waals surface area contributed by atoms with E-state index in [0.29, 0.717) is 11.1 Å². The average molecular weight is 283 g/mol. The van der Waals surface area contributed by atoms with E-state index in [1.807, 2.05) is 6.07 Å². The molecule has 1 aliphatic rings. The Morgan fingerprint density at radius 2 is 1.40 bits per heavy atom. The van der Waals surface area contributed by atoms with Crippen molar-refractivity contribution in [3.8, 4) is 5.40 Å². The van der Waals surface area contributed by atoms with Crippen molar-refractivity contribution in [2.45, 2.75) is 0 Å². The number of pyridine rings is 1. The van der Waals surface area contributed by atoms with Gasteiger partial charge in [-0.2, -0.15) is 0 Å². The molecule has 0 fully saturated rings. The number of hydrogen-bond donors (Lipinski definition) is 0. The lowest BCUT2D eigenvalue weighted by Gasteiger charge is -2.04. The Morgan fingerprint density at radius 3 is 1.85 bits per heavy atom. The lowest BCUT2D eigenvalue weighted by atomic mass is 10.1. The molecule has 1 aromatic carbocycles. The van der Waals surface area contributed by atoms with Crippen molar-refractivity contribution in [3.05, 3.63) is 66.0 Å². The predicted octanol–water partition coefficient (Wildman–Crippen LogP) is 0.921. The van der Waals surface area contributed by atoms with Gasteiger partial charge in [-0.1, -0.05) is 28.3 Å². The first-order valence-corrected chi connectivity index (χ1v) is 6.07. The van der Waals surface area contributed by atoms with Crippen molar-refractivity contribution in [2.75, 3.05) is 5.01 Å². The number of aromatic nitrogens is 1. The van der Waals surface area contributed by atoms with Crippen LogP contribution in [0.5, 0.6) is 0 Å². The van der Waals surface area contributed by atoms with Gasteiger partial charge in [0, 0.05) is 12.1 Å². The molecule has 2 amide bonds. The summed E-state index contributed by atoms with van der Waals surface area (Å²) >= 11 is 3.70. The number of carbonyl (C=O) groups is 2. The number of carbonyl (C=O) groups excluding carboxylic acids is 2. The van der Waals surface area contributed by atoms with Crippen molar-refractivity contribution >= 4 is 24.4 Å². The molecule has 20 heavy (non-hydrogen) atoms. The zero-order valence-corrected chi connectivity index (χ0v) is 11.1. The van der Waals surface area contributed by atoms with Crippen LogP contribution in [-0.4, -0.2) is 11.8 Å². The summed E-state index contributed by atoms with van der Waals surface area (Å²) < 4.78 is 1.49. The van der Waals surface area contributed by atoms with Gasteiger partial charge in [0.05, 0.1) is 11.1 Å². The van der Waals surface area contributed by atoms with Gasteiger partial charge in [-0.3, -0.25) is 9.59 Å². The molecule has 0 spiro atoms. The summed E-state index contributed by atoms with van der Waals surface area (Å²) in [6.07, 6.45) is 3.34. The summed E-state index contributed by atoms with van der Waals surface area (Å²) in [4.78, 5) is 24.2. The summed E-state index contributed by atoms with van der Waals surface area (Å²) in [6.45, 7) is 0. The third kappa shape index (κ3) is 2.35. The van der Waals surface area contributed by atoms with Crippen molar-refractivity contribution < 1.29 is 14.3 Å². The number of rotatable bonds is 1. The first-order chi connectivity index (χ1) is 9.70. The maximum absolute atomic E-state index is 12.1. The molecule has 0 N–H and O–H groups in total. The molecule has 0 unspecified atom stereocenters. The summed E-state index contributed by atoms with van der Waals surface area (Å²) in [5.41, 5.74) is 0.905. The second-order valence-corrected chi connectivity index (χ2v) is 4.00. The predicted molar refractivity (Wildman–Crippen MR) is 72.9 cm³/mol. The minimum Gasteiger partial charge on any atom is -0.696 e. The fraction of sp³-hybridized carbons (Fsp3) is 0. The fourth-order valence-corrected chi connectivity index (χ4v) is 1.91. The quantitative estimate of drug-likeness (QED) is 0.338. The SMILES string of the molecule is N#C[S-].O=C1c2ccccc2C(=O)N1[n+]1ccccc1. The molecule has 1 aliphatic heterocycles. The summed E-state index contributed by atoms with van der Waals surface area (Å²) in [5.74, 6) is -0.580. The van der Waals surface area contributed by atoms with Crippen molar-refractivity contribution in [1.29, 1.82) is 5.26 Å². The number of thiocyanates is 1. The van der Waals surface area contributed by atoms with Crippen LogP contribution in [0.2, 0.25) is 0 Å². The summed E-state index contributed by atoms with van der Waals surface area (Å²) in [6, 6.07) is 12.2. The van der Waals surface area contributed by atoms with Crippen LogP contribution in [0.1, 0.15) is 20.7 Å². The number of nitriles is 1. The molecule has 2 heterocycles. The second-order valence-electron chi connectivity index (χ2n) is 3.81. The van der Waals surface area contributed by atoms with Crippen LogP contribution >= 0.6 is 0 Å². The van der Waals surface area contributed by atoms with E-state index in [4.69, 9.17) is 5.26 Å². The maximum Gasteiger partial charge on any atom is 0.319 e. The zero-order valence-electron chi connectivity index (χ0n) is 10.3. The third-order valence-electron chi connectivity index (χ3n) is 2.70. The standard InChI is InChI=1S/C13H9N2O2.CHNS/c16-12-10-6-2-3-7-11(10)13(17)15(12)14-8-4-1-5-9-14;2-1-3/h1-9H;3H/q+1;/p-1. The van der Waals surface area contributed by atoms with Crippen molar-refractivity contribution in [2.24, 2.45) is 0 Å². The van der Waals surface area contributed by atoms with Gasteiger partial charge in [0.1, 0.15) is 0 Å². The average Bonchev–Trinajstić information content (AvgIpc) is 2.73. The van der Waals surface area contributed by atoms with Crippen molar-refractivity contribution in [1.82, 2.24) is 0 Å². The molecule has 0 atom stereocenters. The highest BCUT2D eigenvalue weighted by Crippen LogP contribution is 2.18. The van der Waals surface area contributed by atoms with Gasteiger partial charge in [0.2, 0.25) is 12.4 Å². The van der Waals surface area contributed by atoms with Crippen LogP contribution in [-0.2, 0) is 12.6 Å². The largest absolute Gasteiger partial charge is 0.696 e. The number of fused-ring (bicyclic) bond motifs is 1. The Bertz CT molecular complexity index is 660. The molecule has 5 nitrogen and oxygen atoms in total. The Hall–Kier alpha value is -2.78. The topological polar surface area (TPSA) is 65.0 Å². The fourth-order valence-electron chi connectivity index (χ4n) is 1.91. The van der Waals surface area contributed by atoms with Gasteiger partial charge in [-0.15, -0.1) is 0 Å². The maximum atomic E-state index is 12.1. The molecule has 1 aromatic heterocycles. The first-order valence-electron chi connectivity index (χ1n) is 5.66. The minimum atomic E-state index is -0.290. The lowest BCUT2D eigenvalue weighted by molar-refractivity contribution is -0.671. The molecule has 0 bridgehead atoms. The summed E-state index contributed by atoms with van der Waals surface area (Å²) in [5, 5.41) is 9.60. The van der Waals surface area contributed by atoms with E-state index in [9.17, 15) is 9.59 Å². The van der Waals surface area contributed by atoms with Crippen LogP contribution in [0.15, 0.2) is 54.9 Å². The van der Waals surface area contributed by atoms with E-state index < -0.39 is 0 Å². The van der Waals surface area contributed by atoms with E-state index in [-0.39, 0.29) is 11.8 Å². The van der Waals surface area contributed by atoms with Crippen molar-refractivity contribution in [3.63, 3.8) is 0 Å². The third-order valence-corrected chi connectivity index (χ3v) is 2.70. The van der Waals surface area contributed by atoms with Gasteiger partial charge in [0.15, 0.2) is 0 Å². The van der Waals surface area contributed by atoms with Crippen LogP contribution in [0.4, 0.5) is 0 Å². The van der Waals surface area contributed by atoms with Gasteiger partial charge in [0.25, 0.3) is 0 Å². The van der Waals surface area contributed by atoms with E-state index in [0.717, 1.165) is 5.01 Å². The second kappa shape index (κ2) is 5.91. The molecule has 2 aromatic rings. The first kappa shape index (κ1) is 13.6. The molecule has 6 heteroatoms. The highest BCUT2D eigenvalue weighted by atomic mass is 32.1. The number of nitrogens with zero attached hydrogens (tertiary/aromatic N) is 3. The summed E-state index contributed by atoms with van der Waals surface area (Å²) in [7, 11) is 0. The van der Waals surface area contributed by atoms with E-state index in [1.54, 1.807) is 48.8 Å². The Kier molecular flexibility index (Phi) is 4.03. The number of amides is 2. The van der Waals surface area contributed by atoms with E-state index >= 15 is 0 Å². The molecule has 0 saturated carbocycles. The Balaban J connectivity index is 0.000000452. The molecule has 3 rings (SSSR count). The molecule has 98 valence electrons. The highest BCUT2D eigenvalue weighted by molar-refractivity contribution is 7.64. The monoisotopic (exact) mass is 283 g/mol. The van der Waals surface area contributed by atoms with Crippen LogP contribution < -0.4 is 9.69 Å². The zero-order chi connectivity index (χ0) is 14.5. The molecule has 0 aliphatic carbocycles. The Labute approximate surface area is 121 Å². The molecular weight excluding hydrogens is 274 g/mol. The van der Waals surface area contributed by atoms with Gasteiger partial charge < -0.3 is 12.6 Å². The van der Waals surface area contributed by atoms with Gasteiger partial charge in [-0.05, 0) is 17.1 Å². The van der Waals surface area contributed by atoms with Gasteiger partial charge >= 0.3 is 11.8 Å². The molecular formula is C14H9N3O2S. The van der Waals surface area contributed by atoms with E-state index in [2.05, 4.69) is 12.6 Å². The normalized spacial score (nSPS) is 12.2. The molecule has 0 radical (unpaired) electrons. The highest BCUT2D eigenvalue weighted by Gasteiger charge is 2.41. The van der Waals surface area contributed by atoms with Gasteiger partial charge in [-0.25, -0.2) is 5.26 Å². The molecule has 0 saturated heterocycles. The number of hydrogen-bond acceptors (Lipinski definition) is 4. The number of imide groups is 1. The Morgan fingerprint density at radius 1 is 0.950 bits per heavy atom. The smallest absolute Gasteiger partial charge is 0.319 e.